The van der Waals surface area contributed by atoms with Gasteiger partial charge in [-0.1, -0.05) is 32.2 Å². The fourth-order valence-corrected chi connectivity index (χ4v) is 4.78. The van der Waals surface area contributed by atoms with Crippen LogP contribution in [0.2, 0.25) is 0 Å². The first-order valence-corrected chi connectivity index (χ1v) is 10.1. The van der Waals surface area contributed by atoms with Gasteiger partial charge in [-0.3, -0.25) is 4.79 Å². The molecule has 0 N–H and O–H groups in total. The van der Waals surface area contributed by atoms with E-state index in [1.54, 1.807) is 0 Å². The summed E-state index contributed by atoms with van der Waals surface area (Å²) in [4.78, 5) is 11.0. The van der Waals surface area contributed by atoms with E-state index in [0.29, 0.717) is 5.25 Å². The predicted octanol–water partition coefficient (Wildman–Crippen LogP) is 4.04. The average molecular weight is 311 g/mol. The number of carbonyl (C=O) groups is 1. The van der Waals surface area contributed by atoms with Gasteiger partial charge < -0.3 is 0 Å². The largest absolute Gasteiger partial charge is 0.282 e. The van der Waals surface area contributed by atoms with Crippen LogP contribution in [0.25, 0.3) is 0 Å². The quantitative estimate of drug-likeness (QED) is 0.422. The van der Waals surface area contributed by atoms with Gasteiger partial charge in [0.15, 0.2) is 0 Å². The zero-order valence-electron chi connectivity index (χ0n) is 10.6. The monoisotopic (exact) mass is 310 g/mol. The molecule has 0 saturated carbocycles. The van der Waals surface area contributed by atoms with E-state index in [1.807, 2.05) is 35.3 Å². The molecule has 0 aromatic carbocycles. The van der Waals surface area contributed by atoms with Crippen molar-refractivity contribution in [3.63, 3.8) is 0 Å². The van der Waals surface area contributed by atoms with Crippen LogP contribution >= 0.6 is 47.0 Å². The van der Waals surface area contributed by atoms with Gasteiger partial charge in [-0.25, -0.2) is 0 Å². The minimum Gasteiger partial charge on any atom is -0.282 e. The third-order valence-electron chi connectivity index (χ3n) is 1.83. The molecule has 0 rings (SSSR count). The van der Waals surface area contributed by atoms with Crippen LogP contribution in [0.15, 0.2) is 12.7 Å². The lowest BCUT2D eigenvalue weighted by Gasteiger charge is -2.09. The van der Waals surface area contributed by atoms with Crippen LogP contribution in [0, 0.1) is 0 Å². The van der Waals surface area contributed by atoms with Gasteiger partial charge in [0.2, 0.25) is 5.12 Å². The second kappa shape index (κ2) is 13.2. The highest BCUT2D eigenvalue weighted by Crippen LogP contribution is 2.18. The van der Waals surface area contributed by atoms with Gasteiger partial charge in [0.1, 0.15) is 0 Å². The lowest BCUT2D eigenvalue weighted by atomic mass is 10.6. The maximum Gasteiger partial charge on any atom is 0.211 e. The molecule has 0 amide bonds. The molecule has 0 aliphatic carbocycles. The minimum absolute atomic E-state index is 0.0865. The SMILES string of the molecule is C=CC(=O)SCC(C)SCCSCCSCC. The van der Waals surface area contributed by atoms with Gasteiger partial charge in [0.25, 0.3) is 0 Å². The molecule has 0 fully saturated rings. The minimum atomic E-state index is 0.0865. The Morgan fingerprint density at radius 1 is 1.24 bits per heavy atom. The van der Waals surface area contributed by atoms with Crippen molar-refractivity contribution in [3.8, 4) is 0 Å². The maximum atomic E-state index is 11.0. The molecule has 0 spiro atoms. The molecular weight excluding hydrogens is 288 g/mol. The molecule has 0 aliphatic heterocycles. The summed E-state index contributed by atoms with van der Waals surface area (Å²) in [5.41, 5.74) is 0. The molecule has 100 valence electrons. The number of hydrogen-bond acceptors (Lipinski definition) is 5. The molecule has 0 aromatic heterocycles. The van der Waals surface area contributed by atoms with Crippen LogP contribution in [-0.4, -0.2) is 44.9 Å². The normalized spacial score (nSPS) is 12.4. The second-order valence-corrected chi connectivity index (χ2v) is 8.51. The number of rotatable bonds is 11. The third-order valence-corrected chi connectivity index (χ3v) is 6.74. The van der Waals surface area contributed by atoms with Crippen LogP contribution in [0.3, 0.4) is 0 Å². The van der Waals surface area contributed by atoms with Gasteiger partial charge in [-0.2, -0.15) is 35.3 Å². The Morgan fingerprint density at radius 3 is 2.53 bits per heavy atom. The molecule has 0 bridgehead atoms. The van der Waals surface area contributed by atoms with Crippen LogP contribution in [0.1, 0.15) is 13.8 Å². The highest BCUT2D eigenvalue weighted by Gasteiger charge is 2.05. The molecule has 1 nitrogen and oxygen atoms in total. The van der Waals surface area contributed by atoms with Crippen molar-refractivity contribution in [2.24, 2.45) is 0 Å². The van der Waals surface area contributed by atoms with Crippen LogP contribution in [0.4, 0.5) is 0 Å². The zero-order chi connectivity index (χ0) is 12.9. The van der Waals surface area contributed by atoms with E-state index >= 15 is 0 Å². The molecule has 1 atom stereocenters. The summed E-state index contributed by atoms with van der Waals surface area (Å²) >= 11 is 7.37. The van der Waals surface area contributed by atoms with E-state index in [2.05, 4.69) is 20.4 Å². The average Bonchev–Trinajstić information content (AvgIpc) is 2.34. The standard InChI is InChI=1S/C12H22OS4/c1-4-12(13)17-10-11(3)16-9-8-15-7-6-14-5-2/h4,11H,1,5-10H2,2-3H3. The third kappa shape index (κ3) is 13.0. The summed E-state index contributed by atoms with van der Waals surface area (Å²) in [5, 5.41) is 0.637. The molecule has 0 saturated heterocycles. The van der Waals surface area contributed by atoms with E-state index in [4.69, 9.17) is 0 Å². The van der Waals surface area contributed by atoms with Crippen molar-refractivity contribution < 1.29 is 4.79 Å². The van der Waals surface area contributed by atoms with Crippen molar-refractivity contribution >= 4 is 52.2 Å². The van der Waals surface area contributed by atoms with Gasteiger partial charge >= 0.3 is 0 Å². The van der Waals surface area contributed by atoms with Gasteiger partial charge in [0.05, 0.1) is 0 Å². The first kappa shape index (κ1) is 17.8. The molecule has 5 heteroatoms. The number of hydrogen-bond donors (Lipinski definition) is 0. The molecule has 17 heavy (non-hydrogen) atoms. The summed E-state index contributed by atoms with van der Waals surface area (Å²) in [7, 11) is 0. The summed E-state index contributed by atoms with van der Waals surface area (Å²) in [6.45, 7) is 7.86. The van der Waals surface area contributed by atoms with Crippen LogP contribution < -0.4 is 0 Å². The highest BCUT2D eigenvalue weighted by atomic mass is 32.2. The van der Waals surface area contributed by atoms with E-state index in [-0.39, 0.29) is 5.12 Å². The van der Waals surface area contributed by atoms with Gasteiger partial charge in [-0.05, 0) is 11.8 Å². The molecule has 0 aliphatic rings. The highest BCUT2D eigenvalue weighted by molar-refractivity contribution is 8.14. The first-order chi connectivity index (χ1) is 8.20. The summed E-state index contributed by atoms with van der Waals surface area (Å²) < 4.78 is 0. The fourth-order valence-electron chi connectivity index (χ4n) is 0.979. The molecular formula is C12H22OS4. The summed E-state index contributed by atoms with van der Waals surface area (Å²) in [6, 6.07) is 0. The number of carbonyl (C=O) groups excluding carboxylic acids is 1. The van der Waals surface area contributed by atoms with Crippen molar-refractivity contribution in [2.75, 3.05) is 34.5 Å². The Kier molecular flexibility index (Phi) is 13.9. The molecule has 0 aromatic rings. The molecule has 0 heterocycles. The Labute approximate surface area is 123 Å². The Bertz CT molecular complexity index is 209. The molecule has 0 radical (unpaired) electrons. The van der Waals surface area contributed by atoms with E-state index in [9.17, 15) is 4.79 Å². The lowest BCUT2D eigenvalue weighted by Crippen LogP contribution is -2.04. The van der Waals surface area contributed by atoms with E-state index in [0.717, 1.165) is 5.75 Å². The summed E-state index contributed by atoms with van der Waals surface area (Å²) in [6.07, 6.45) is 1.39. The van der Waals surface area contributed by atoms with Crippen LogP contribution in [0.5, 0.6) is 0 Å². The van der Waals surface area contributed by atoms with Crippen molar-refractivity contribution in [1.29, 1.82) is 0 Å². The second-order valence-electron chi connectivity index (χ2n) is 3.32. The van der Waals surface area contributed by atoms with Gasteiger partial charge in [-0.15, -0.1) is 0 Å². The topological polar surface area (TPSA) is 17.1 Å². The smallest absolute Gasteiger partial charge is 0.211 e. The number of thioether (sulfide) groups is 4. The maximum absolute atomic E-state index is 11.0. The lowest BCUT2D eigenvalue weighted by molar-refractivity contribution is -0.107. The van der Waals surface area contributed by atoms with Crippen molar-refractivity contribution in [1.82, 2.24) is 0 Å². The van der Waals surface area contributed by atoms with Crippen molar-refractivity contribution in [2.45, 2.75) is 19.1 Å². The van der Waals surface area contributed by atoms with E-state index < -0.39 is 0 Å². The van der Waals surface area contributed by atoms with Crippen molar-refractivity contribution in [3.05, 3.63) is 12.7 Å². The Balaban J connectivity index is 3.24. The summed E-state index contributed by atoms with van der Waals surface area (Å²) in [5.74, 6) is 7.06. The Morgan fingerprint density at radius 2 is 1.88 bits per heavy atom. The first-order valence-electron chi connectivity index (χ1n) is 5.77. The van der Waals surface area contributed by atoms with Crippen LogP contribution in [-0.2, 0) is 4.79 Å². The predicted molar refractivity (Wildman–Crippen MR) is 89.9 cm³/mol. The Hall–Kier alpha value is 0.810. The van der Waals surface area contributed by atoms with E-state index in [1.165, 1.54) is 46.6 Å². The molecule has 1 unspecified atom stereocenters. The zero-order valence-corrected chi connectivity index (χ0v) is 13.9. The van der Waals surface area contributed by atoms with Gasteiger partial charge in [0, 0.05) is 34.0 Å². The fraction of sp³-hybridized carbons (Fsp3) is 0.750.